The van der Waals surface area contributed by atoms with Crippen molar-refractivity contribution in [2.75, 3.05) is 0 Å². The van der Waals surface area contributed by atoms with Gasteiger partial charge in [-0.1, -0.05) is 0 Å². The Kier molecular flexibility index (Phi) is 3.15. The molecule has 0 fully saturated rings. The van der Waals surface area contributed by atoms with Gasteiger partial charge in [0.15, 0.2) is 0 Å². The Morgan fingerprint density at radius 3 is 3.23 bits per heavy atom. The van der Waals surface area contributed by atoms with Gasteiger partial charge in [-0.25, -0.2) is 15.0 Å². The van der Waals surface area contributed by atoms with E-state index in [-0.39, 0.29) is 11.9 Å². The van der Waals surface area contributed by atoms with E-state index < -0.39 is 0 Å². The summed E-state index contributed by atoms with van der Waals surface area (Å²) < 4.78 is 0. The van der Waals surface area contributed by atoms with Crippen molar-refractivity contribution < 1.29 is 4.79 Å². The second-order valence-electron chi connectivity index (χ2n) is 5.46. The van der Waals surface area contributed by atoms with Gasteiger partial charge in [0.2, 0.25) is 0 Å². The summed E-state index contributed by atoms with van der Waals surface area (Å²) in [6, 6.07) is -0.0994. The van der Waals surface area contributed by atoms with Crippen LogP contribution in [0.2, 0.25) is 0 Å². The molecule has 1 unspecified atom stereocenters. The molecule has 0 radical (unpaired) electrons. The van der Waals surface area contributed by atoms with E-state index in [4.69, 9.17) is 0 Å². The molecule has 1 amide bonds. The molecule has 1 atom stereocenters. The lowest BCUT2D eigenvalue weighted by atomic mass is 10.2. The van der Waals surface area contributed by atoms with Crippen LogP contribution in [-0.4, -0.2) is 25.8 Å². The number of hydrogen-bond donors (Lipinski definition) is 2. The molecule has 0 saturated carbocycles. The van der Waals surface area contributed by atoms with Crippen LogP contribution in [0.25, 0.3) is 11.0 Å². The Bertz CT molecular complexity index is 831. The summed E-state index contributed by atoms with van der Waals surface area (Å²) in [5.74, 6) is -0.135. The van der Waals surface area contributed by atoms with Crippen molar-refractivity contribution in [3.63, 3.8) is 0 Å². The number of H-pyrrole nitrogens is 1. The van der Waals surface area contributed by atoms with Crippen LogP contribution in [0.1, 0.15) is 45.3 Å². The fraction of sp³-hybridized carbons (Fsp3) is 0.333. The van der Waals surface area contributed by atoms with Gasteiger partial charge in [-0.05, 0) is 26.2 Å². The van der Waals surface area contributed by atoms with Crippen molar-refractivity contribution in [1.82, 2.24) is 25.3 Å². The highest BCUT2D eigenvalue weighted by molar-refractivity contribution is 7.11. The van der Waals surface area contributed by atoms with Crippen LogP contribution in [-0.2, 0) is 12.8 Å². The van der Waals surface area contributed by atoms with Gasteiger partial charge in [0.1, 0.15) is 17.0 Å². The monoisotopic (exact) mass is 313 g/mol. The molecular formula is C15H15N5OS. The fourth-order valence-electron chi connectivity index (χ4n) is 2.78. The van der Waals surface area contributed by atoms with E-state index >= 15 is 0 Å². The highest BCUT2D eigenvalue weighted by Gasteiger charge is 2.22. The number of aryl methyl sites for hydroxylation is 2. The van der Waals surface area contributed by atoms with Crippen molar-refractivity contribution in [3.05, 3.63) is 39.9 Å². The number of carbonyl (C=O) groups is 1. The minimum atomic E-state index is -0.135. The lowest BCUT2D eigenvalue weighted by Gasteiger charge is -2.10. The first-order valence-electron chi connectivity index (χ1n) is 7.29. The third kappa shape index (κ3) is 2.18. The van der Waals surface area contributed by atoms with Crippen molar-refractivity contribution in [1.29, 1.82) is 0 Å². The van der Waals surface area contributed by atoms with Gasteiger partial charge < -0.3 is 10.3 Å². The van der Waals surface area contributed by atoms with Gasteiger partial charge in [0.05, 0.1) is 17.3 Å². The van der Waals surface area contributed by atoms with E-state index in [2.05, 4.69) is 25.3 Å². The number of hydrogen-bond acceptors (Lipinski definition) is 5. The van der Waals surface area contributed by atoms with Crippen LogP contribution >= 0.6 is 11.3 Å². The van der Waals surface area contributed by atoms with Gasteiger partial charge in [-0.3, -0.25) is 4.79 Å². The van der Waals surface area contributed by atoms with Gasteiger partial charge >= 0.3 is 0 Å². The molecule has 0 spiro atoms. The first-order chi connectivity index (χ1) is 10.7. The van der Waals surface area contributed by atoms with Crippen LogP contribution < -0.4 is 5.32 Å². The SMILES string of the molecule is CC(NC(=O)c1c[nH]c2ncncc12)c1nc2c(s1)CCC2. The number of carbonyl (C=O) groups excluding carboxylic acids is 1. The van der Waals surface area contributed by atoms with E-state index in [1.165, 1.54) is 23.3 Å². The smallest absolute Gasteiger partial charge is 0.254 e. The van der Waals surface area contributed by atoms with Crippen LogP contribution in [0.5, 0.6) is 0 Å². The number of nitrogens with zero attached hydrogens (tertiary/aromatic N) is 3. The maximum atomic E-state index is 12.5. The molecule has 6 nitrogen and oxygen atoms in total. The first kappa shape index (κ1) is 13.4. The van der Waals surface area contributed by atoms with E-state index in [0.717, 1.165) is 23.2 Å². The molecular weight excluding hydrogens is 298 g/mol. The topological polar surface area (TPSA) is 83.6 Å². The lowest BCUT2D eigenvalue weighted by Crippen LogP contribution is -2.26. The molecule has 0 bridgehead atoms. The molecule has 22 heavy (non-hydrogen) atoms. The summed E-state index contributed by atoms with van der Waals surface area (Å²) in [5, 5.41) is 4.72. The zero-order chi connectivity index (χ0) is 15.1. The van der Waals surface area contributed by atoms with E-state index in [0.29, 0.717) is 11.2 Å². The molecule has 3 aromatic heterocycles. The predicted molar refractivity (Wildman–Crippen MR) is 83.9 cm³/mol. The Morgan fingerprint density at radius 1 is 1.45 bits per heavy atom. The number of aromatic nitrogens is 4. The molecule has 112 valence electrons. The third-order valence-electron chi connectivity index (χ3n) is 3.93. The molecule has 0 aliphatic heterocycles. The number of nitrogens with one attached hydrogen (secondary N) is 2. The molecule has 1 aliphatic carbocycles. The molecule has 3 heterocycles. The second-order valence-corrected chi connectivity index (χ2v) is 6.57. The zero-order valence-electron chi connectivity index (χ0n) is 12.1. The molecule has 0 saturated heterocycles. The van der Waals surface area contributed by atoms with Gasteiger partial charge in [0, 0.05) is 22.7 Å². The largest absolute Gasteiger partial charge is 0.345 e. The maximum Gasteiger partial charge on any atom is 0.254 e. The number of thiazole rings is 1. The first-order valence-corrected chi connectivity index (χ1v) is 8.10. The van der Waals surface area contributed by atoms with Crippen molar-refractivity contribution in [2.45, 2.75) is 32.2 Å². The van der Waals surface area contributed by atoms with Gasteiger partial charge in [0.25, 0.3) is 5.91 Å². The summed E-state index contributed by atoms with van der Waals surface area (Å²) in [6.45, 7) is 1.97. The molecule has 4 rings (SSSR count). The second kappa shape index (κ2) is 5.17. The summed E-state index contributed by atoms with van der Waals surface area (Å²) in [5.41, 5.74) is 2.44. The molecule has 1 aliphatic rings. The van der Waals surface area contributed by atoms with Gasteiger partial charge in [-0.15, -0.1) is 11.3 Å². The minimum absolute atomic E-state index is 0.0994. The number of rotatable bonds is 3. The zero-order valence-corrected chi connectivity index (χ0v) is 12.9. The molecule has 2 N–H and O–H groups in total. The Hall–Kier alpha value is -2.28. The molecule has 3 aromatic rings. The molecule has 0 aromatic carbocycles. The van der Waals surface area contributed by atoms with E-state index in [1.807, 2.05) is 6.92 Å². The average molecular weight is 313 g/mol. The van der Waals surface area contributed by atoms with Crippen LogP contribution in [0.3, 0.4) is 0 Å². The van der Waals surface area contributed by atoms with E-state index in [1.54, 1.807) is 23.7 Å². The van der Waals surface area contributed by atoms with Gasteiger partial charge in [-0.2, -0.15) is 0 Å². The van der Waals surface area contributed by atoms with Crippen molar-refractivity contribution >= 4 is 28.3 Å². The maximum absolute atomic E-state index is 12.5. The third-order valence-corrected chi connectivity index (χ3v) is 5.27. The lowest BCUT2D eigenvalue weighted by molar-refractivity contribution is 0.0941. The highest BCUT2D eigenvalue weighted by Crippen LogP contribution is 2.30. The van der Waals surface area contributed by atoms with Crippen molar-refractivity contribution in [2.24, 2.45) is 0 Å². The predicted octanol–water partition coefficient (Wildman–Crippen LogP) is 2.39. The van der Waals surface area contributed by atoms with E-state index in [9.17, 15) is 4.79 Å². The van der Waals surface area contributed by atoms with Crippen molar-refractivity contribution in [3.8, 4) is 0 Å². The Labute approximate surface area is 131 Å². The number of aromatic amines is 1. The minimum Gasteiger partial charge on any atom is -0.345 e. The summed E-state index contributed by atoms with van der Waals surface area (Å²) in [4.78, 5) is 29.6. The quantitative estimate of drug-likeness (QED) is 0.777. The summed E-state index contributed by atoms with van der Waals surface area (Å²) >= 11 is 1.71. The summed E-state index contributed by atoms with van der Waals surface area (Å²) in [7, 11) is 0. The van der Waals surface area contributed by atoms with Crippen LogP contribution in [0.4, 0.5) is 0 Å². The molecule has 7 heteroatoms. The number of fused-ring (bicyclic) bond motifs is 2. The normalized spacial score (nSPS) is 15.0. The highest BCUT2D eigenvalue weighted by atomic mass is 32.1. The average Bonchev–Trinajstić information content (AvgIpc) is 3.20. The van der Waals surface area contributed by atoms with Crippen LogP contribution in [0, 0.1) is 0 Å². The standard InChI is InChI=1S/C15H15N5OS/c1-8(15-20-11-3-2-4-12(11)22-15)19-14(21)10-6-17-13-9(10)5-16-7-18-13/h5-8H,2-4H2,1H3,(H,19,21)(H,16,17,18). The summed E-state index contributed by atoms with van der Waals surface area (Å²) in [6.07, 6.45) is 8.16. The van der Waals surface area contributed by atoms with Crippen LogP contribution in [0.15, 0.2) is 18.7 Å². The Morgan fingerprint density at radius 2 is 2.36 bits per heavy atom. The Balaban J connectivity index is 1.55. The number of amides is 1. The fourth-order valence-corrected chi connectivity index (χ4v) is 3.94.